The number of likely N-dealkylation sites (tertiary alicyclic amines) is 1. The van der Waals surface area contributed by atoms with Crippen molar-refractivity contribution >= 4 is 23.7 Å². The van der Waals surface area contributed by atoms with Gasteiger partial charge in [-0.25, -0.2) is 0 Å². The van der Waals surface area contributed by atoms with E-state index in [9.17, 15) is 19.2 Å². The van der Waals surface area contributed by atoms with Gasteiger partial charge in [-0.05, 0) is 25.2 Å². The van der Waals surface area contributed by atoms with Crippen LogP contribution in [-0.4, -0.2) is 53.3 Å². The van der Waals surface area contributed by atoms with Crippen LogP contribution >= 0.6 is 0 Å². The van der Waals surface area contributed by atoms with Crippen LogP contribution in [0.4, 0.5) is 0 Å². The van der Waals surface area contributed by atoms with Crippen LogP contribution in [0.25, 0.3) is 0 Å². The van der Waals surface area contributed by atoms with Crippen LogP contribution in [0.2, 0.25) is 0 Å². The smallest absolute Gasteiger partial charge is 0.306 e. The molecular weight excluding hydrogens is 314 g/mol. The highest BCUT2D eigenvalue weighted by Crippen LogP contribution is 2.21. The van der Waals surface area contributed by atoms with Gasteiger partial charge in [0.15, 0.2) is 6.10 Å². The quantitative estimate of drug-likeness (QED) is 0.644. The summed E-state index contributed by atoms with van der Waals surface area (Å²) in [5.74, 6) is -1.53. The summed E-state index contributed by atoms with van der Waals surface area (Å²) in [7, 11) is 0. The van der Waals surface area contributed by atoms with Gasteiger partial charge in [0, 0.05) is 19.4 Å². The summed E-state index contributed by atoms with van der Waals surface area (Å²) in [6, 6.07) is -1.37. The van der Waals surface area contributed by atoms with E-state index in [1.54, 1.807) is 0 Å². The highest BCUT2D eigenvalue weighted by Gasteiger charge is 2.38. The number of esters is 1. The minimum atomic E-state index is -0.842. The van der Waals surface area contributed by atoms with E-state index in [0.717, 1.165) is 0 Å². The standard InChI is InChI=1S/C16H25N3O5/c1-9(2)8-10(18-15(22)12-5-6-13(20)24-12)16(23)19-7-3-4-11(19)14(17)21/h9-12H,3-8H2,1-2H3,(H2,17,21)(H,18,22). The number of hydrogen-bond donors (Lipinski definition) is 2. The molecule has 0 aromatic heterocycles. The fourth-order valence-electron chi connectivity index (χ4n) is 3.19. The molecule has 3 unspecified atom stereocenters. The van der Waals surface area contributed by atoms with Crippen LogP contribution in [0, 0.1) is 5.92 Å². The van der Waals surface area contributed by atoms with Gasteiger partial charge in [0.1, 0.15) is 12.1 Å². The highest BCUT2D eigenvalue weighted by atomic mass is 16.6. The summed E-state index contributed by atoms with van der Waals surface area (Å²) < 4.78 is 4.94. The Morgan fingerprint density at radius 2 is 2.04 bits per heavy atom. The lowest BCUT2D eigenvalue weighted by Gasteiger charge is -2.29. The minimum Gasteiger partial charge on any atom is -0.452 e. The molecule has 2 aliphatic heterocycles. The van der Waals surface area contributed by atoms with Crippen molar-refractivity contribution < 1.29 is 23.9 Å². The summed E-state index contributed by atoms with van der Waals surface area (Å²) in [6.07, 6.45) is 1.38. The lowest BCUT2D eigenvalue weighted by molar-refractivity contribution is -0.149. The molecule has 2 heterocycles. The first kappa shape index (κ1) is 18.2. The maximum absolute atomic E-state index is 12.8. The fourth-order valence-corrected chi connectivity index (χ4v) is 3.19. The molecule has 0 bridgehead atoms. The largest absolute Gasteiger partial charge is 0.452 e. The Bertz CT molecular complexity index is 534. The van der Waals surface area contributed by atoms with Crippen molar-refractivity contribution in [3.63, 3.8) is 0 Å². The number of nitrogens with one attached hydrogen (secondary N) is 1. The Hall–Kier alpha value is -2.12. The third kappa shape index (κ3) is 4.24. The Kier molecular flexibility index (Phi) is 5.80. The number of ether oxygens (including phenoxy) is 1. The van der Waals surface area contributed by atoms with E-state index in [1.165, 1.54) is 4.90 Å². The molecule has 2 rings (SSSR count). The Balaban J connectivity index is 2.06. The van der Waals surface area contributed by atoms with Crippen LogP contribution in [0.15, 0.2) is 0 Å². The third-order valence-electron chi connectivity index (χ3n) is 4.36. The second kappa shape index (κ2) is 7.63. The number of carbonyl (C=O) groups excluding carboxylic acids is 4. The first-order valence-corrected chi connectivity index (χ1v) is 8.39. The molecule has 0 aromatic rings. The van der Waals surface area contributed by atoms with Crippen LogP contribution in [0.5, 0.6) is 0 Å². The number of hydrogen-bond acceptors (Lipinski definition) is 5. The van der Waals surface area contributed by atoms with Crippen LogP contribution < -0.4 is 11.1 Å². The molecule has 0 saturated carbocycles. The fraction of sp³-hybridized carbons (Fsp3) is 0.750. The number of rotatable bonds is 6. The normalized spacial score (nSPS) is 24.8. The molecule has 3 atom stereocenters. The molecule has 24 heavy (non-hydrogen) atoms. The number of nitrogens with two attached hydrogens (primary N) is 1. The summed E-state index contributed by atoms with van der Waals surface area (Å²) in [5, 5.41) is 2.69. The van der Waals surface area contributed by atoms with Gasteiger partial charge in [-0.1, -0.05) is 13.8 Å². The predicted octanol–water partition coefficient (Wildman–Crippen LogP) is -0.301. The lowest BCUT2D eigenvalue weighted by Crippen LogP contribution is -2.54. The Morgan fingerprint density at radius 1 is 1.33 bits per heavy atom. The maximum atomic E-state index is 12.8. The van der Waals surface area contributed by atoms with Gasteiger partial charge in [-0.15, -0.1) is 0 Å². The Morgan fingerprint density at radius 3 is 2.58 bits per heavy atom. The van der Waals surface area contributed by atoms with Gasteiger partial charge in [-0.2, -0.15) is 0 Å². The van der Waals surface area contributed by atoms with Gasteiger partial charge in [0.2, 0.25) is 11.8 Å². The van der Waals surface area contributed by atoms with Gasteiger partial charge in [-0.3, -0.25) is 19.2 Å². The molecule has 134 valence electrons. The summed E-state index contributed by atoms with van der Waals surface area (Å²) >= 11 is 0. The molecule has 0 radical (unpaired) electrons. The van der Waals surface area contributed by atoms with E-state index in [2.05, 4.69) is 5.32 Å². The van der Waals surface area contributed by atoms with E-state index in [4.69, 9.17) is 10.5 Å². The molecule has 2 saturated heterocycles. The van der Waals surface area contributed by atoms with Crippen molar-refractivity contribution in [3.8, 4) is 0 Å². The lowest BCUT2D eigenvalue weighted by atomic mass is 10.0. The number of cyclic esters (lactones) is 1. The van der Waals surface area contributed by atoms with E-state index < -0.39 is 36.0 Å². The van der Waals surface area contributed by atoms with Crippen molar-refractivity contribution in [2.24, 2.45) is 11.7 Å². The van der Waals surface area contributed by atoms with Crippen LogP contribution in [0.1, 0.15) is 46.0 Å². The second-order valence-electron chi connectivity index (χ2n) is 6.80. The van der Waals surface area contributed by atoms with Gasteiger partial charge in [0.25, 0.3) is 5.91 Å². The molecule has 8 heteroatoms. The van der Waals surface area contributed by atoms with E-state index in [0.29, 0.717) is 32.2 Å². The second-order valence-corrected chi connectivity index (χ2v) is 6.80. The van der Waals surface area contributed by atoms with Gasteiger partial charge < -0.3 is 20.7 Å². The maximum Gasteiger partial charge on any atom is 0.306 e. The zero-order valence-corrected chi connectivity index (χ0v) is 14.1. The summed E-state index contributed by atoms with van der Waals surface area (Å²) in [4.78, 5) is 49.2. The number of primary amides is 1. The minimum absolute atomic E-state index is 0.167. The first-order valence-electron chi connectivity index (χ1n) is 8.39. The van der Waals surface area contributed by atoms with E-state index in [1.807, 2.05) is 13.8 Å². The number of amides is 3. The number of carbonyl (C=O) groups is 4. The molecule has 8 nitrogen and oxygen atoms in total. The molecule has 2 aliphatic rings. The monoisotopic (exact) mass is 339 g/mol. The third-order valence-corrected chi connectivity index (χ3v) is 4.36. The number of nitrogens with zero attached hydrogens (tertiary/aromatic N) is 1. The molecule has 0 aromatic carbocycles. The molecule has 2 fully saturated rings. The van der Waals surface area contributed by atoms with Crippen molar-refractivity contribution in [1.82, 2.24) is 10.2 Å². The van der Waals surface area contributed by atoms with Crippen molar-refractivity contribution in [3.05, 3.63) is 0 Å². The highest BCUT2D eigenvalue weighted by molar-refractivity contribution is 5.94. The SMILES string of the molecule is CC(C)CC(NC(=O)C1CCC(=O)O1)C(=O)N1CCCC1C(N)=O. The van der Waals surface area contributed by atoms with Crippen LogP contribution in [0.3, 0.4) is 0 Å². The van der Waals surface area contributed by atoms with Gasteiger partial charge >= 0.3 is 5.97 Å². The summed E-state index contributed by atoms with van der Waals surface area (Å²) in [6.45, 7) is 4.34. The molecule has 3 N–H and O–H groups in total. The van der Waals surface area contributed by atoms with E-state index >= 15 is 0 Å². The van der Waals surface area contributed by atoms with Crippen LogP contribution in [-0.2, 0) is 23.9 Å². The Labute approximate surface area is 141 Å². The van der Waals surface area contributed by atoms with Crippen molar-refractivity contribution in [1.29, 1.82) is 0 Å². The first-order chi connectivity index (χ1) is 11.3. The van der Waals surface area contributed by atoms with Crippen molar-refractivity contribution in [2.45, 2.75) is 64.1 Å². The molecule has 0 spiro atoms. The topological polar surface area (TPSA) is 119 Å². The average Bonchev–Trinajstić information content (AvgIpc) is 3.13. The average molecular weight is 339 g/mol. The van der Waals surface area contributed by atoms with Crippen molar-refractivity contribution in [2.75, 3.05) is 6.54 Å². The summed E-state index contributed by atoms with van der Waals surface area (Å²) in [5.41, 5.74) is 5.37. The zero-order chi connectivity index (χ0) is 17.9. The predicted molar refractivity (Wildman–Crippen MR) is 84.4 cm³/mol. The van der Waals surface area contributed by atoms with E-state index in [-0.39, 0.29) is 18.2 Å². The zero-order valence-electron chi connectivity index (χ0n) is 14.1. The molecule has 0 aliphatic carbocycles. The molecular formula is C16H25N3O5. The van der Waals surface area contributed by atoms with Gasteiger partial charge in [0.05, 0.1) is 0 Å². The molecule has 3 amide bonds.